The highest BCUT2D eigenvalue weighted by Crippen LogP contribution is 2.43. The first kappa shape index (κ1) is 14.5. The van der Waals surface area contributed by atoms with Crippen LogP contribution in [0.5, 0.6) is 0 Å². The molecule has 0 radical (unpaired) electrons. The highest BCUT2D eigenvalue weighted by atomic mass is 16.5. The molecule has 0 amide bonds. The van der Waals surface area contributed by atoms with Gasteiger partial charge in [-0.25, -0.2) is 0 Å². The molecule has 0 aliphatic carbocycles. The van der Waals surface area contributed by atoms with Gasteiger partial charge in [0.25, 0.3) is 0 Å². The topological polar surface area (TPSA) is 35.2 Å². The molecule has 106 valence electrons. The van der Waals surface area contributed by atoms with Crippen molar-refractivity contribution in [3.05, 3.63) is 35.4 Å². The van der Waals surface area contributed by atoms with Gasteiger partial charge in [-0.3, -0.25) is 0 Å². The van der Waals surface area contributed by atoms with Crippen LogP contribution >= 0.6 is 0 Å². The van der Waals surface area contributed by atoms with Crippen molar-refractivity contribution in [1.29, 1.82) is 0 Å². The molecule has 2 atom stereocenters. The van der Waals surface area contributed by atoms with E-state index in [9.17, 15) is 0 Å². The van der Waals surface area contributed by atoms with Gasteiger partial charge in [0.05, 0.1) is 11.2 Å². The van der Waals surface area contributed by atoms with Crippen molar-refractivity contribution in [2.75, 3.05) is 0 Å². The van der Waals surface area contributed by atoms with Gasteiger partial charge in [-0.05, 0) is 58.6 Å². The Bertz CT molecular complexity index is 450. The number of hydrogen-bond donors (Lipinski definition) is 1. The fourth-order valence-electron chi connectivity index (χ4n) is 3.51. The van der Waals surface area contributed by atoms with Crippen LogP contribution in [0.25, 0.3) is 0 Å². The number of ether oxygens (including phenoxy) is 1. The minimum atomic E-state index is -0.133. The maximum Gasteiger partial charge on any atom is 0.0677 e. The van der Waals surface area contributed by atoms with E-state index in [1.807, 2.05) is 0 Å². The van der Waals surface area contributed by atoms with Gasteiger partial charge in [0, 0.05) is 12.0 Å². The first-order valence-electron chi connectivity index (χ1n) is 7.21. The Hall–Kier alpha value is -0.860. The van der Waals surface area contributed by atoms with Crippen molar-refractivity contribution in [3.63, 3.8) is 0 Å². The number of rotatable bonds is 3. The molecule has 2 unspecified atom stereocenters. The van der Waals surface area contributed by atoms with Crippen LogP contribution in [-0.4, -0.2) is 17.2 Å². The second kappa shape index (κ2) is 4.92. The van der Waals surface area contributed by atoms with E-state index in [-0.39, 0.29) is 17.2 Å². The summed E-state index contributed by atoms with van der Waals surface area (Å²) in [5.74, 6) is 0.405. The molecule has 1 fully saturated rings. The van der Waals surface area contributed by atoms with E-state index in [4.69, 9.17) is 10.5 Å². The minimum absolute atomic E-state index is 0.0580. The summed E-state index contributed by atoms with van der Waals surface area (Å²) >= 11 is 0. The number of hydrogen-bond acceptors (Lipinski definition) is 2. The molecule has 0 spiro atoms. The molecular formula is C17H27NO. The van der Waals surface area contributed by atoms with Crippen LogP contribution in [0, 0.1) is 12.8 Å². The molecule has 2 N–H and O–H groups in total. The largest absolute Gasteiger partial charge is 0.369 e. The predicted octanol–water partition coefficient (Wildman–Crippen LogP) is 3.46. The normalized spacial score (nSPS) is 26.3. The quantitative estimate of drug-likeness (QED) is 0.904. The highest BCUT2D eigenvalue weighted by Gasteiger charge is 2.48. The molecule has 1 aromatic carbocycles. The first-order chi connectivity index (χ1) is 8.71. The summed E-state index contributed by atoms with van der Waals surface area (Å²) < 4.78 is 6.16. The van der Waals surface area contributed by atoms with Crippen LogP contribution in [0.3, 0.4) is 0 Å². The second-order valence-electron chi connectivity index (χ2n) is 7.07. The summed E-state index contributed by atoms with van der Waals surface area (Å²) in [6.45, 7) is 10.8. The lowest BCUT2D eigenvalue weighted by atomic mass is 9.79. The smallest absolute Gasteiger partial charge is 0.0677 e. The third kappa shape index (κ3) is 3.18. The van der Waals surface area contributed by atoms with Gasteiger partial charge in [-0.2, -0.15) is 0 Å². The molecule has 1 aliphatic heterocycles. The van der Waals surface area contributed by atoms with Gasteiger partial charge < -0.3 is 10.5 Å². The summed E-state index contributed by atoms with van der Waals surface area (Å²) in [5.41, 5.74) is 8.99. The van der Waals surface area contributed by atoms with Crippen LogP contribution in [0.1, 0.15) is 45.2 Å². The lowest BCUT2D eigenvalue weighted by Crippen LogP contribution is -2.42. The van der Waals surface area contributed by atoms with Crippen molar-refractivity contribution >= 4 is 0 Å². The molecule has 19 heavy (non-hydrogen) atoms. The van der Waals surface area contributed by atoms with Gasteiger partial charge in [0.1, 0.15) is 0 Å². The van der Waals surface area contributed by atoms with Crippen LogP contribution in [-0.2, 0) is 11.2 Å². The summed E-state index contributed by atoms with van der Waals surface area (Å²) in [6, 6.07) is 8.66. The molecule has 1 aromatic rings. The van der Waals surface area contributed by atoms with Gasteiger partial charge >= 0.3 is 0 Å². The monoisotopic (exact) mass is 261 g/mol. The van der Waals surface area contributed by atoms with E-state index in [2.05, 4.69) is 58.9 Å². The summed E-state index contributed by atoms with van der Waals surface area (Å²) in [5, 5.41) is 0. The molecular weight excluding hydrogens is 234 g/mol. The van der Waals surface area contributed by atoms with Crippen LogP contribution < -0.4 is 5.73 Å². The number of nitrogens with two attached hydrogens (primary N) is 1. The Labute approximate surface area is 117 Å². The molecule has 0 saturated carbocycles. The van der Waals surface area contributed by atoms with E-state index in [0.717, 1.165) is 12.8 Å². The minimum Gasteiger partial charge on any atom is -0.369 e. The first-order valence-corrected chi connectivity index (χ1v) is 7.21. The lowest BCUT2D eigenvalue weighted by molar-refractivity contribution is -0.0765. The summed E-state index contributed by atoms with van der Waals surface area (Å²) in [7, 11) is 0. The lowest BCUT2D eigenvalue weighted by Gasteiger charge is -2.31. The standard InChI is InChI=1S/C17H27NO/c1-12-8-6-7-9-13(12)10-15(18)14-11-16(2,3)19-17(14,4)5/h6-9,14-15H,10-11,18H2,1-5H3. The molecule has 2 rings (SSSR count). The van der Waals surface area contributed by atoms with Gasteiger partial charge in [-0.1, -0.05) is 24.3 Å². The van der Waals surface area contributed by atoms with Gasteiger partial charge in [0.15, 0.2) is 0 Å². The van der Waals surface area contributed by atoms with Gasteiger partial charge in [-0.15, -0.1) is 0 Å². The Balaban J connectivity index is 2.13. The van der Waals surface area contributed by atoms with E-state index in [1.165, 1.54) is 11.1 Å². The average Bonchev–Trinajstić information content (AvgIpc) is 2.50. The van der Waals surface area contributed by atoms with Crippen molar-refractivity contribution < 1.29 is 4.74 Å². The summed E-state index contributed by atoms with van der Waals surface area (Å²) in [4.78, 5) is 0. The molecule has 1 aliphatic rings. The van der Waals surface area contributed by atoms with E-state index in [1.54, 1.807) is 0 Å². The maximum atomic E-state index is 6.50. The van der Waals surface area contributed by atoms with Crippen molar-refractivity contribution in [2.24, 2.45) is 11.7 Å². The third-order valence-corrected chi connectivity index (χ3v) is 4.38. The van der Waals surface area contributed by atoms with E-state index < -0.39 is 0 Å². The second-order valence-corrected chi connectivity index (χ2v) is 7.07. The maximum absolute atomic E-state index is 6.50. The third-order valence-electron chi connectivity index (χ3n) is 4.38. The molecule has 1 heterocycles. The van der Waals surface area contributed by atoms with Crippen LogP contribution in [0.15, 0.2) is 24.3 Å². The molecule has 0 aromatic heterocycles. The molecule has 2 nitrogen and oxygen atoms in total. The Morgan fingerprint density at radius 1 is 1.26 bits per heavy atom. The fraction of sp³-hybridized carbons (Fsp3) is 0.647. The Morgan fingerprint density at radius 2 is 1.89 bits per heavy atom. The zero-order chi connectivity index (χ0) is 14.3. The Morgan fingerprint density at radius 3 is 2.42 bits per heavy atom. The number of aryl methyl sites for hydroxylation is 1. The SMILES string of the molecule is Cc1ccccc1CC(N)C1CC(C)(C)OC1(C)C. The van der Waals surface area contributed by atoms with Gasteiger partial charge in [0.2, 0.25) is 0 Å². The fourth-order valence-corrected chi connectivity index (χ4v) is 3.51. The molecule has 1 saturated heterocycles. The molecule has 2 heteroatoms. The van der Waals surface area contributed by atoms with Crippen molar-refractivity contribution in [1.82, 2.24) is 0 Å². The van der Waals surface area contributed by atoms with Crippen LogP contribution in [0.4, 0.5) is 0 Å². The van der Waals surface area contributed by atoms with E-state index >= 15 is 0 Å². The van der Waals surface area contributed by atoms with Crippen molar-refractivity contribution in [2.45, 2.75) is 64.7 Å². The zero-order valence-corrected chi connectivity index (χ0v) is 12.9. The van der Waals surface area contributed by atoms with Crippen molar-refractivity contribution in [3.8, 4) is 0 Å². The number of benzene rings is 1. The predicted molar refractivity (Wildman–Crippen MR) is 80.2 cm³/mol. The van der Waals surface area contributed by atoms with E-state index in [0.29, 0.717) is 5.92 Å². The highest BCUT2D eigenvalue weighted by molar-refractivity contribution is 5.26. The average molecular weight is 261 g/mol. The summed E-state index contributed by atoms with van der Waals surface area (Å²) in [6.07, 6.45) is 1.97. The molecule has 0 bridgehead atoms. The zero-order valence-electron chi connectivity index (χ0n) is 12.9. The Kier molecular flexibility index (Phi) is 3.76. The van der Waals surface area contributed by atoms with Crippen LogP contribution in [0.2, 0.25) is 0 Å².